The number of halogens is 3. The molecule has 11 aliphatic rings. The van der Waals surface area contributed by atoms with E-state index >= 15 is 0 Å². The number of carbonyl (C=O) groups excluding carboxylic acids is 4. The number of hydrogen-bond donors (Lipinski definition) is 1. The molecule has 128 heavy (non-hydrogen) atoms. The first-order chi connectivity index (χ1) is 61.7. The van der Waals surface area contributed by atoms with Crippen molar-refractivity contribution in [3.8, 4) is 33.8 Å². The second-order valence-electron chi connectivity index (χ2n) is 36.1. The van der Waals surface area contributed by atoms with Gasteiger partial charge in [0.25, 0.3) is 29.6 Å². The first-order valence-electron chi connectivity index (χ1n) is 44.2. The van der Waals surface area contributed by atoms with Gasteiger partial charge in [-0.3, -0.25) is 53.7 Å². The van der Waals surface area contributed by atoms with Crippen molar-refractivity contribution in [2.75, 3.05) is 59.7 Å². The lowest BCUT2D eigenvalue weighted by Gasteiger charge is -2.35. The van der Waals surface area contributed by atoms with E-state index in [-0.39, 0.29) is 40.8 Å². The number of alkyl halides is 2. The van der Waals surface area contributed by atoms with Crippen LogP contribution in [0.3, 0.4) is 0 Å². The Labute approximate surface area is 747 Å². The molecule has 0 bridgehead atoms. The summed E-state index contributed by atoms with van der Waals surface area (Å²) in [5.74, 6) is 0.699. The van der Waals surface area contributed by atoms with E-state index in [2.05, 4.69) is 153 Å². The molecule has 1 N–H and O–H groups in total. The number of aromatic nitrogens is 7. The Morgan fingerprint density at radius 2 is 0.906 bits per heavy atom. The fourth-order valence-electron chi connectivity index (χ4n) is 20.2. The number of carbonyl (C=O) groups is 4. The SMILES string of the molecule is CN1C(=O)c2cn(Cc3ccc(-c4ccccn4)cc3)cc2N2C1=N[C@@H]1CCC[C@@H]12.Cc1c2c(c(Nc3ccccc3)n1Cc1ccc(C(C)(F)F)cc1)C(=O)N(C)C1=NC(C)(C)CN12.Cc1cccc(-c2ccc(Cn3cc4c(c3)N3C(=N[C@@H]5CCC[C@@H]53)N(C)C4=O)cc2)n1.Cc1cccc(-c2ccc(Cn3cc4c(c3Cl)N3C(=N[C@@H]5CCC[C@@H]53)N(C)C4=O)cc2)n1. The molecule has 650 valence electrons. The van der Waals surface area contributed by atoms with E-state index in [0.29, 0.717) is 77.9 Å². The van der Waals surface area contributed by atoms with Crippen molar-refractivity contribution in [2.24, 2.45) is 20.0 Å². The number of aryl methyl sites for hydroxylation is 2. The molecule has 5 aromatic carbocycles. The minimum Gasteiger partial charge on any atom is -0.347 e. The largest absolute Gasteiger partial charge is 0.347 e. The lowest BCUT2D eigenvalue weighted by atomic mass is 10.1. The van der Waals surface area contributed by atoms with Gasteiger partial charge in [0.1, 0.15) is 16.5 Å². The average Bonchev–Trinajstić information content (AvgIpc) is 1.61. The molecule has 3 aliphatic carbocycles. The monoisotopic (exact) mass is 1730 g/mol. The number of pyridine rings is 3. The zero-order valence-corrected chi connectivity index (χ0v) is 74.2. The molecule has 15 heterocycles. The Morgan fingerprint density at radius 1 is 0.461 bits per heavy atom. The molecular weight excluding hydrogens is 1630 g/mol. The number of anilines is 6. The highest BCUT2D eigenvalue weighted by atomic mass is 35.5. The van der Waals surface area contributed by atoms with Crippen molar-refractivity contribution in [3.05, 3.63) is 291 Å². The molecule has 12 aromatic rings. The zero-order chi connectivity index (χ0) is 88.5. The van der Waals surface area contributed by atoms with Crippen molar-refractivity contribution < 1.29 is 28.0 Å². The van der Waals surface area contributed by atoms with Gasteiger partial charge in [-0.1, -0.05) is 145 Å². The second kappa shape index (κ2) is 32.7. The molecule has 0 radical (unpaired) electrons. The number of para-hydroxylation sites is 1. The molecule has 6 atom stereocenters. The third kappa shape index (κ3) is 15.0. The summed E-state index contributed by atoms with van der Waals surface area (Å²) in [6, 6.07) is 61.5. The summed E-state index contributed by atoms with van der Waals surface area (Å²) in [7, 11) is 7.24. The zero-order valence-electron chi connectivity index (χ0n) is 73.4. The van der Waals surface area contributed by atoms with Crippen LogP contribution in [0, 0.1) is 20.8 Å². The lowest BCUT2D eigenvalue weighted by Crippen LogP contribution is -2.50. The number of fused-ring (bicyclic) bond motifs is 18. The highest BCUT2D eigenvalue weighted by molar-refractivity contribution is 6.36. The molecule has 27 heteroatoms. The van der Waals surface area contributed by atoms with E-state index in [1.807, 2.05) is 149 Å². The highest BCUT2D eigenvalue weighted by Gasteiger charge is 2.52. The molecule has 8 aliphatic heterocycles. The fraction of sp³-hybridized carbons (Fsp3) is 0.317. The van der Waals surface area contributed by atoms with Gasteiger partial charge in [0, 0.05) is 143 Å². The molecule has 3 saturated carbocycles. The third-order valence-corrected chi connectivity index (χ3v) is 27.1. The Kier molecular flexibility index (Phi) is 21.1. The van der Waals surface area contributed by atoms with Gasteiger partial charge in [0.15, 0.2) is 0 Å². The summed E-state index contributed by atoms with van der Waals surface area (Å²) in [4.78, 5) is 101. The maximum Gasteiger partial charge on any atom is 0.270 e. The van der Waals surface area contributed by atoms with E-state index in [0.717, 1.165) is 184 Å². The van der Waals surface area contributed by atoms with E-state index in [9.17, 15) is 28.0 Å². The van der Waals surface area contributed by atoms with Crippen molar-refractivity contribution >= 4 is 93.3 Å². The van der Waals surface area contributed by atoms with Crippen LogP contribution in [0.2, 0.25) is 5.15 Å². The summed E-state index contributed by atoms with van der Waals surface area (Å²) < 4.78 is 35.7. The fourth-order valence-corrected chi connectivity index (χ4v) is 20.6. The van der Waals surface area contributed by atoms with Crippen molar-refractivity contribution in [3.63, 3.8) is 0 Å². The number of amides is 4. The van der Waals surface area contributed by atoms with Gasteiger partial charge < -0.3 is 43.2 Å². The van der Waals surface area contributed by atoms with Crippen molar-refractivity contribution in [2.45, 2.75) is 173 Å². The molecule has 0 saturated heterocycles. The number of hydrogen-bond acceptors (Lipinski definition) is 16. The van der Waals surface area contributed by atoms with Crippen molar-refractivity contribution in [1.82, 2.24) is 52.8 Å². The van der Waals surface area contributed by atoms with Crippen LogP contribution in [0.1, 0.15) is 165 Å². The number of nitrogens with one attached hydrogen (secondary N) is 1. The topological polar surface area (TPSA) is 214 Å². The van der Waals surface area contributed by atoms with Crippen LogP contribution in [0.4, 0.5) is 43.0 Å². The quantitative estimate of drug-likeness (QED) is 0.108. The molecule has 0 unspecified atom stereocenters. The minimum absolute atomic E-state index is 0.0237. The molecule has 4 amide bonds. The highest BCUT2D eigenvalue weighted by Crippen LogP contribution is 2.49. The van der Waals surface area contributed by atoms with E-state index in [4.69, 9.17) is 31.6 Å². The smallest absolute Gasteiger partial charge is 0.270 e. The molecular formula is C101H101ClF2N20O4. The predicted molar refractivity (Wildman–Crippen MR) is 499 cm³/mol. The van der Waals surface area contributed by atoms with Crippen LogP contribution in [0.25, 0.3) is 33.8 Å². The summed E-state index contributed by atoms with van der Waals surface area (Å²) in [6.07, 6.45) is 22.1. The van der Waals surface area contributed by atoms with Gasteiger partial charge in [-0.05, 0) is 163 Å². The minimum atomic E-state index is -2.89. The van der Waals surface area contributed by atoms with Crippen LogP contribution >= 0.6 is 11.6 Å². The van der Waals surface area contributed by atoms with Gasteiger partial charge >= 0.3 is 0 Å². The van der Waals surface area contributed by atoms with E-state index in [1.54, 1.807) is 45.8 Å². The maximum atomic E-state index is 13.7. The summed E-state index contributed by atoms with van der Waals surface area (Å²) in [6.45, 7) is 14.1. The van der Waals surface area contributed by atoms with Gasteiger partial charge in [-0.25, -0.2) is 28.8 Å². The number of aliphatic imine (C=N–C) groups is 4. The Hall–Kier alpha value is -13.6. The van der Waals surface area contributed by atoms with E-state index < -0.39 is 5.92 Å². The lowest BCUT2D eigenvalue weighted by molar-refractivity contribution is 0.0174. The summed E-state index contributed by atoms with van der Waals surface area (Å²) in [5.41, 5.74) is 20.5. The molecule has 7 aromatic heterocycles. The van der Waals surface area contributed by atoms with Crippen LogP contribution in [-0.4, -0.2) is 177 Å². The number of rotatable bonds is 14. The van der Waals surface area contributed by atoms with Gasteiger partial charge in [-0.15, -0.1) is 0 Å². The molecule has 3 fully saturated rings. The first kappa shape index (κ1) is 82.6. The average molecular weight is 1730 g/mol. The summed E-state index contributed by atoms with van der Waals surface area (Å²) >= 11 is 6.89. The van der Waals surface area contributed by atoms with Crippen molar-refractivity contribution in [1.29, 1.82) is 0 Å². The maximum absolute atomic E-state index is 13.7. The van der Waals surface area contributed by atoms with Crippen LogP contribution in [0.15, 0.2) is 239 Å². The Balaban J connectivity index is 0.000000107. The van der Waals surface area contributed by atoms with Crippen LogP contribution in [-0.2, 0) is 32.1 Å². The summed E-state index contributed by atoms with van der Waals surface area (Å²) in [5, 5.41) is 4.06. The van der Waals surface area contributed by atoms with Gasteiger partial charge in [-0.2, -0.15) is 0 Å². The van der Waals surface area contributed by atoms with Gasteiger partial charge in [0.05, 0.1) is 105 Å². The molecule has 24 nitrogen and oxygen atoms in total. The molecule has 23 rings (SSSR count). The van der Waals surface area contributed by atoms with Crippen LogP contribution in [0.5, 0.6) is 0 Å². The van der Waals surface area contributed by atoms with Gasteiger partial charge in [0.2, 0.25) is 23.8 Å². The predicted octanol–water partition coefficient (Wildman–Crippen LogP) is 18.4. The Morgan fingerprint density at radius 3 is 1.40 bits per heavy atom. The molecule has 0 spiro atoms. The van der Waals surface area contributed by atoms with E-state index in [1.165, 1.54) is 36.1 Å². The number of benzene rings is 5. The standard InChI is InChI=1S/C27H29F2N5O.C25H24ClN5O.C25H25N5O.C24H23N5O/c1-17-22-21(24(35)32(5)25-31-26(2,3)16-34(22)25)23(30-20-9-7-6-8-10-20)33(17)15-18-11-13-19(14-12-18)27(4,28)29;1-15-5-3-6-19(27-15)17-11-9-16(10-12-17)13-30-14-18-22(23(30)26)31-21-8-4-7-20(21)28-25(31)29(2)24(18)32;1-16-5-3-6-20(26-16)18-11-9-17(10-12-18)13-29-14-19-23(15-29)30-22-8-4-7-21(22)27-25(30)28(2)24(19)31;1-27-23(30)18-14-28(15-22(18)29-21-7-4-6-20(21)26-24(27)29)13-16-8-10-17(11-9-16)19-5-2-3-12-25-19/h6-14,30H,15-16H2,1-5H3;3,5-6,9-12,14,20-21H,4,7-8,13H2,1-2H3;3,5-6,9-12,14-15,21-22H,4,7-8,13H2,1-2H3;2-3,5,8-12,14-15,20-21H,4,6-7,13H2,1H3/t;20-,21+;21-,22+;20-,21+/m.111/s1. The second-order valence-corrected chi connectivity index (χ2v) is 36.4. The normalized spacial score (nSPS) is 20.4. The van der Waals surface area contributed by atoms with Crippen LogP contribution < -0.4 is 24.9 Å². The Bertz CT molecular complexity index is 6510. The number of nitrogens with zero attached hydrogens (tertiary/aromatic N) is 19. The first-order valence-corrected chi connectivity index (χ1v) is 44.6. The third-order valence-electron chi connectivity index (χ3n) is 26.7. The number of guanidine groups is 4.